The standard InChI is InChI=1S/C14H22N4O2/c1-11(2)20-13(19)7-9-17-14(15-3)18-10-12-6-4-5-8-16-12/h4-6,8,11H,7,9-10H2,1-3H3,(H2,15,17,18). The van der Waals surface area contributed by atoms with Gasteiger partial charge in [-0.15, -0.1) is 0 Å². The Balaban J connectivity index is 2.25. The fourth-order valence-corrected chi connectivity index (χ4v) is 1.50. The number of nitrogens with one attached hydrogen (secondary N) is 2. The van der Waals surface area contributed by atoms with Gasteiger partial charge in [0, 0.05) is 19.8 Å². The van der Waals surface area contributed by atoms with Gasteiger partial charge < -0.3 is 15.4 Å². The van der Waals surface area contributed by atoms with Crippen LogP contribution in [0.5, 0.6) is 0 Å². The average Bonchev–Trinajstić information content (AvgIpc) is 2.43. The van der Waals surface area contributed by atoms with Gasteiger partial charge in [-0.05, 0) is 26.0 Å². The second kappa shape index (κ2) is 8.90. The SMILES string of the molecule is CN=C(NCCC(=O)OC(C)C)NCc1ccccn1. The number of guanidine groups is 1. The second-order valence-corrected chi connectivity index (χ2v) is 4.46. The molecule has 0 aliphatic carbocycles. The van der Waals surface area contributed by atoms with Crippen LogP contribution in [0.15, 0.2) is 29.4 Å². The molecular formula is C14H22N4O2. The van der Waals surface area contributed by atoms with Crippen LogP contribution < -0.4 is 10.6 Å². The van der Waals surface area contributed by atoms with Crippen molar-refractivity contribution in [2.45, 2.75) is 32.9 Å². The Morgan fingerprint density at radius 1 is 1.40 bits per heavy atom. The maximum Gasteiger partial charge on any atom is 0.307 e. The summed E-state index contributed by atoms with van der Waals surface area (Å²) in [4.78, 5) is 19.7. The highest BCUT2D eigenvalue weighted by Crippen LogP contribution is 1.93. The first-order valence-electron chi connectivity index (χ1n) is 6.65. The molecule has 0 aromatic carbocycles. The van der Waals surface area contributed by atoms with Crippen molar-refractivity contribution < 1.29 is 9.53 Å². The van der Waals surface area contributed by atoms with Crippen molar-refractivity contribution >= 4 is 11.9 Å². The summed E-state index contributed by atoms with van der Waals surface area (Å²) in [5.41, 5.74) is 0.926. The normalized spacial score (nSPS) is 11.3. The van der Waals surface area contributed by atoms with Crippen molar-refractivity contribution in [2.75, 3.05) is 13.6 Å². The Labute approximate surface area is 119 Å². The molecule has 20 heavy (non-hydrogen) atoms. The topological polar surface area (TPSA) is 75.6 Å². The van der Waals surface area contributed by atoms with E-state index >= 15 is 0 Å². The molecule has 110 valence electrons. The molecule has 0 aliphatic rings. The first-order chi connectivity index (χ1) is 9.61. The van der Waals surface area contributed by atoms with Crippen molar-refractivity contribution in [2.24, 2.45) is 4.99 Å². The van der Waals surface area contributed by atoms with E-state index in [0.29, 0.717) is 25.5 Å². The lowest BCUT2D eigenvalue weighted by atomic mass is 10.3. The van der Waals surface area contributed by atoms with Gasteiger partial charge in [-0.1, -0.05) is 6.07 Å². The number of carbonyl (C=O) groups excluding carboxylic acids is 1. The lowest BCUT2D eigenvalue weighted by molar-refractivity contribution is -0.147. The summed E-state index contributed by atoms with van der Waals surface area (Å²) in [5, 5.41) is 6.18. The van der Waals surface area contributed by atoms with Crippen molar-refractivity contribution in [1.82, 2.24) is 15.6 Å². The third kappa shape index (κ3) is 6.72. The van der Waals surface area contributed by atoms with Crippen molar-refractivity contribution in [1.29, 1.82) is 0 Å². The Hall–Kier alpha value is -2.11. The van der Waals surface area contributed by atoms with Gasteiger partial charge in [0.2, 0.25) is 0 Å². The first kappa shape index (κ1) is 15.9. The van der Waals surface area contributed by atoms with Crippen LogP contribution in [0.3, 0.4) is 0 Å². The molecule has 0 aliphatic heterocycles. The van der Waals surface area contributed by atoms with E-state index in [9.17, 15) is 4.79 Å². The second-order valence-electron chi connectivity index (χ2n) is 4.46. The van der Waals surface area contributed by atoms with Crippen LogP contribution in [-0.2, 0) is 16.1 Å². The van der Waals surface area contributed by atoms with E-state index in [4.69, 9.17) is 4.74 Å². The van der Waals surface area contributed by atoms with Crippen molar-refractivity contribution in [3.05, 3.63) is 30.1 Å². The van der Waals surface area contributed by atoms with E-state index in [1.165, 1.54) is 0 Å². The molecule has 2 N–H and O–H groups in total. The largest absolute Gasteiger partial charge is 0.463 e. The Morgan fingerprint density at radius 3 is 2.80 bits per heavy atom. The third-order valence-corrected chi connectivity index (χ3v) is 2.38. The van der Waals surface area contributed by atoms with E-state index in [0.717, 1.165) is 5.69 Å². The number of rotatable bonds is 6. The number of hydrogen-bond donors (Lipinski definition) is 2. The minimum atomic E-state index is -0.215. The average molecular weight is 278 g/mol. The van der Waals surface area contributed by atoms with Crippen LogP contribution >= 0.6 is 0 Å². The molecule has 0 spiro atoms. The molecule has 0 radical (unpaired) electrons. The molecule has 0 amide bonds. The van der Waals surface area contributed by atoms with Crippen LogP contribution in [0.2, 0.25) is 0 Å². The zero-order chi connectivity index (χ0) is 14.8. The monoisotopic (exact) mass is 278 g/mol. The summed E-state index contributed by atoms with van der Waals surface area (Å²) in [6.07, 6.45) is 1.97. The quantitative estimate of drug-likeness (QED) is 0.463. The molecule has 1 aromatic rings. The van der Waals surface area contributed by atoms with Crippen LogP contribution in [0, 0.1) is 0 Å². The summed E-state index contributed by atoms with van der Waals surface area (Å²) < 4.78 is 5.05. The fraction of sp³-hybridized carbons (Fsp3) is 0.500. The van der Waals surface area contributed by atoms with Gasteiger partial charge in [0.15, 0.2) is 5.96 Å². The third-order valence-electron chi connectivity index (χ3n) is 2.38. The van der Waals surface area contributed by atoms with E-state index in [-0.39, 0.29) is 12.1 Å². The smallest absolute Gasteiger partial charge is 0.307 e. The number of pyridine rings is 1. The van der Waals surface area contributed by atoms with Gasteiger partial charge in [-0.3, -0.25) is 14.8 Å². The molecular weight excluding hydrogens is 256 g/mol. The Morgan fingerprint density at radius 2 is 2.20 bits per heavy atom. The number of carbonyl (C=O) groups is 1. The maximum atomic E-state index is 11.4. The molecule has 0 bridgehead atoms. The minimum Gasteiger partial charge on any atom is -0.463 e. The van der Waals surface area contributed by atoms with Crippen molar-refractivity contribution in [3.8, 4) is 0 Å². The molecule has 0 atom stereocenters. The van der Waals surface area contributed by atoms with Crippen LogP contribution in [-0.4, -0.2) is 36.6 Å². The number of ether oxygens (including phenoxy) is 1. The Kier molecular flexibility index (Phi) is 7.10. The minimum absolute atomic E-state index is 0.0795. The van der Waals surface area contributed by atoms with E-state index in [2.05, 4.69) is 20.6 Å². The summed E-state index contributed by atoms with van der Waals surface area (Å²) in [6, 6.07) is 5.74. The van der Waals surface area contributed by atoms with Crippen LogP contribution in [0.25, 0.3) is 0 Å². The van der Waals surface area contributed by atoms with Crippen LogP contribution in [0.4, 0.5) is 0 Å². The van der Waals surface area contributed by atoms with E-state index in [1.54, 1.807) is 13.2 Å². The van der Waals surface area contributed by atoms with Gasteiger partial charge >= 0.3 is 5.97 Å². The summed E-state index contributed by atoms with van der Waals surface area (Å²) in [5.74, 6) is 0.417. The number of aromatic nitrogens is 1. The molecule has 0 saturated heterocycles. The number of esters is 1. The zero-order valence-electron chi connectivity index (χ0n) is 12.2. The zero-order valence-corrected chi connectivity index (χ0v) is 12.2. The van der Waals surface area contributed by atoms with Gasteiger partial charge in [0.25, 0.3) is 0 Å². The van der Waals surface area contributed by atoms with Crippen LogP contribution in [0.1, 0.15) is 26.0 Å². The van der Waals surface area contributed by atoms with Crippen molar-refractivity contribution in [3.63, 3.8) is 0 Å². The van der Waals surface area contributed by atoms with E-state index in [1.807, 2.05) is 32.0 Å². The first-order valence-corrected chi connectivity index (χ1v) is 6.65. The number of hydrogen-bond acceptors (Lipinski definition) is 4. The van der Waals surface area contributed by atoms with Gasteiger partial charge in [-0.25, -0.2) is 0 Å². The molecule has 0 saturated carbocycles. The fourth-order valence-electron chi connectivity index (χ4n) is 1.50. The summed E-state index contributed by atoms with van der Waals surface area (Å²) in [6.45, 7) is 4.72. The molecule has 0 fully saturated rings. The highest BCUT2D eigenvalue weighted by atomic mass is 16.5. The molecule has 0 unspecified atom stereocenters. The molecule has 6 heteroatoms. The van der Waals surface area contributed by atoms with Gasteiger partial charge in [0.1, 0.15) is 0 Å². The maximum absolute atomic E-state index is 11.4. The molecule has 1 rings (SSSR count). The predicted molar refractivity (Wildman–Crippen MR) is 78.3 cm³/mol. The summed E-state index contributed by atoms with van der Waals surface area (Å²) in [7, 11) is 1.68. The predicted octanol–water partition coefficient (Wildman–Crippen LogP) is 1.09. The highest BCUT2D eigenvalue weighted by Gasteiger charge is 2.05. The van der Waals surface area contributed by atoms with Gasteiger partial charge in [0.05, 0.1) is 24.8 Å². The van der Waals surface area contributed by atoms with E-state index < -0.39 is 0 Å². The highest BCUT2D eigenvalue weighted by molar-refractivity contribution is 5.80. The number of aliphatic imine (C=N–C) groups is 1. The number of nitrogens with zero attached hydrogens (tertiary/aromatic N) is 2. The molecule has 6 nitrogen and oxygen atoms in total. The molecule has 1 heterocycles. The van der Waals surface area contributed by atoms with Gasteiger partial charge in [-0.2, -0.15) is 0 Å². The Bertz CT molecular complexity index is 432. The lowest BCUT2D eigenvalue weighted by Crippen LogP contribution is -2.38. The summed E-state index contributed by atoms with van der Waals surface area (Å²) >= 11 is 0. The molecule has 1 aromatic heterocycles. The lowest BCUT2D eigenvalue weighted by Gasteiger charge is -2.12.